The van der Waals surface area contributed by atoms with Gasteiger partial charge in [-0.15, -0.1) is 0 Å². The van der Waals surface area contributed by atoms with Crippen LogP contribution >= 0.6 is 0 Å². The molecule has 0 aliphatic carbocycles. The zero-order valence-corrected chi connectivity index (χ0v) is 4.68. The monoisotopic (exact) mass is 98.1 g/mol. The first-order valence-electron chi connectivity index (χ1n) is 2.18. The van der Waals surface area contributed by atoms with E-state index < -0.39 is 0 Å². The summed E-state index contributed by atoms with van der Waals surface area (Å²) >= 11 is 0. The molecule has 0 saturated carbocycles. The highest BCUT2D eigenvalue weighted by atomic mass is 14.8. The van der Waals surface area contributed by atoms with E-state index in [0.29, 0.717) is 5.84 Å². The maximum Gasteiger partial charge on any atom is 0.0957 e. The molecule has 7 heavy (non-hydrogen) atoms. The summed E-state index contributed by atoms with van der Waals surface area (Å²) in [5.41, 5.74) is 5.18. The Morgan fingerprint density at radius 1 is 1.71 bits per heavy atom. The molecule has 0 unspecified atom stereocenters. The van der Waals surface area contributed by atoms with Crippen LogP contribution in [0.3, 0.4) is 0 Å². The Morgan fingerprint density at radius 3 is 2.43 bits per heavy atom. The molecule has 2 nitrogen and oxygen atoms in total. The largest absolute Gasteiger partial charge is 0.387 e. The lowest BCUT2D eigenvalue weighted by molar-refractivity contribution is 1.45. The van der Waals surface area contributed by atoms with Gasteiger partial charge in [0.1, 0.15) is 0 Å². The first kappa shape index (κ1) is 6.21. The Hall–Kier alpha value is -0.790. The van der Waals surface area contributed by atoms with Gasteiger partial charge in [-0.3, -0.25) is 0 Å². The third-order valence-corrected chi connectivity index (χ3v) is 0.427. The number of hydrogen-bond donors (Lipinski definition) is 1. The van der Waals surface area contributed by atoms with E-state index in [2.05, 4.69) is 4.99 Å². The lowest BCUT2D eigenvalue weighted by atomic mass is 10.7. The predicted octanol–water partition coefficient (Wildman–Crippen LogP) is 0.897. The van der Waals surface area contributed by atoms with Crippen molar-refractivity contribution in [3.8, 4) is 0 Å². The third kappa shape index (κ3) is 5.21. The van der Waals surface area contributed by atoms with Crippen LogP contribution in [-0.4, -0.2) is 5.84 Å². The maximum atomic E-state index is 5.18. The molecule has 0 aliphatic rings. The molecule has 0 radical (unpaired) electrons. The Balaban J connectivity index is 3.46. The summed E-state index contributed by atoms with van der Waals surface area (Å²) in [6.45, 7) is 3.65. The molecule has 0 atom stereocenters. The Kier molecular flexibility index (Phi) is 3.02. The summed E-state index contributed by atoms with van der Waals surface area (Å²) in [5, 5.41) is 0. The van der Waals surface area contributed by atoms with Gasteiger partial charge in [0.15, 0.2) is 0 Å². The SMILES string of the molecule is C/C=C\N=C(/C)N. The van der Waals surface area contributed by atoms with Gasteiger partial charge < -0.3 is 5.73 Å². The quantitative estimate of drug-likeness (QED) is 0.384. The van der Waals surface area contributed by atoms with E-state index in [1.54, 1.807) is 13.1 Å². The van der Waals surface area contributed by atoms with Gasteiger partial charge >= 0.3 is 0 Å². The Bertz CT molecular complexity index is 88.3. The topological polar surface area (TPSA) is 38.4 Å². The number of allylic oxidation sites excluding steroid dienone is 1. The van der Waals surface area contributed by atoms with Crippen molar-refractivity contribution in [3.63, 3.8) is 0 Å². The first-order chi connectivity index (χ1) is 3.27. The van der Waals surface area contributed by atoms with Crippen molar-refractivity contribution in [2.24, 2.45) is 10.7 Å². The van der Waals surface area contributed by atoms with Gasteiger partial charge in [-0.1, -0.05) is 6.08 Å². The number of rotatable bonds is 1. The highest BCUT2D eigenvalue weighted by molar-refractivity contribution is 5.77. The number of aliphatic imine (C=N–C) groups is 1. The summed E-state index contributed by atoms with van der Waals surface area (Å²) in [6, 6.07) is 0. The lowest BCUT2D eigenvalue weighted by Crippen LogP contribution is -2.03. The van der Waals surface area contributed by atoms with Crippen molar-refractivity contribution in [1.29, 1.82) is 0 Å². The molecule has 0 saturated heterocycles. The molecule has 0 fully saturated rings. The van der Waals surface area contributed by atoms with Crippen molar-refractivity contribution in [2.75, 3.05) is 0 Å². The molecule has 0 bridgehead atoms. The van der Waals surface area contributed by atoms with E-state index in [0.717, 1.165) is 0 Å². The van der Waals surface area contributed by atoms with Crippen LogP contribution in [0.4, 0.5) is 0 Å². The number of hydrogen-bond acceptors (Lipinski definition) is 1. The van der Waals surface area contributed by atoms with Gasteiger partial charge in [0.25, 0.3) is 0 Å². The van der Waals surface area contributed by atoms with Gasteiger partial charge in [0.2, 0.25) is 0 Å². The molecular formula is C5H10N2. The fourth-order valence-electron chi connectivity index (χ4n) is 0.192. The van der Waals surface area contributed by atoms with E-state index in [1.165, 1.54) is 0 Å². The van der Waals surface area contributed by atoms with Crippen LogP contribution in [0.15, 0.2) is 17.3 Å². The van der Waals surface area contributed by atoms with Crippen LogP contribution in [0.25, 0.3) is 0 Å². The summed E-state index contributed by atoms with van der Waals surface area (Å²) < 4.78 is 0. The van der Waals surface area contributed by atoms with Crippen LogP contribution < -0.4 is 5.73 Å². The molecular weight excluding hydrogens is 88.1 g/mol. The van der Waals surface area contributed by atoms with E-state index in [1.807, 2.05) is 13.0 Å². The second-order valence-corrected chi connectivity index (χ2v) is 1.25. The predicted molar refractivity (Wildman–Crippen MR) is 32.1 cm³/mol. The van der Waals surface area contributed by atoms with Crippen molar-refractivity contribution in [3.05, 3.63) is 12.3 Å². The van der Waals surface area contributed by atoms with Gasteiger partial charge in [0.05, 0.1) is 5.84 Å². The van der Waals surface area contributed by atoms with Crippen LogP contribution in [0.1, 0.15) is 13.8 Å². The van der Waals surface area contributed by atoms with E-state index in [9.17, 15) is 0 Å². The second-order valence-electron chi connectivity index (χ2n) is 1.25. The molecule has 0 heterocycles. The van der Waals surface area contributed by atoms with Crippen LogP contribution in [0.2, 0.25) is 0 Å². The summed E-state index contributed by atoms with van der Waals surface area (Å²) in [7, 11) is 0. The van der Waals surface area contributed by atoms with Gasteiger partial charge in [-0.25, -0.2) is 4.99 Å². The number of nitrogens with two attached hydrogens (primary N) is 1. The van der Waals surface area contributed by atoms with Gasteiger partial charge in [0, 0.05) is 6.20 Å². The van der Waals surface area contributed by atoms with Crippen molar-refractivity contribution in [2.45, 2.75) is 13.8 Å². The zero-order chi connectivity index (χ0) is 5.70. The molecule has 0 aromatic heterocycles. The van der Waals surface area contributed by atoms with Gasteiger partial charge in [-0.2, -0.15) is 0 Å². The van der Waals surface area contributed by atoms with Crippen molar-refractivity contribution in [1.82, 2.24) is 0 Å². The molecule has 2 N–H and O–H groups in total. The summed E-state index contributed by atoms with van der Waals surface area (Å²) in [6.07, 6.45) is 3.49. The first-order valence-corrected chi connectivity index (χ1v) is 2.18. The molecule has 0 amide bonds. The standard InChI is InChI=1S/C5H10N2/c1-3-4-7-5(2)6/h3-4H,1-2H3,(H2,6,7)/b4-3-. The minimum Gasteiger partial charge on any atom is -0.387 e. The normalized spacial score (nSPS) is 13.1. The van der Waals surface area contributed by atoms with E-state index >= 15 is 0 Å². The highest BCUT2D eigenvalue weighted by Crippen LogP contribution is 1.71. The minimum absolute atomic E-state index is 0.595. The Labute approximate surface area is 43.7 Å². The fraction of sp³-hybridized carbons (Fsp3) is 0.400. The minimum atomic E-state index is 0.595. The molecule has 40 valence electrons. The van der Waals surface area contributed by atoms with Crippen molar-refractivity contribution < 1.29 is 0 Å². The van der Waals surface area contributed by atoms with Crippen LogP contribution in [-0.2, 0) is 0 Å². The highest BCUT2D eigenvalue weighted by Gasteiger charge is 1.66. The average molecular weight is 98.1 g/mol. The van der Waals surface area contributed by atoms with E-state index in [-0.39, 0.29) is 0 Å². The van der Waals surface area contributed by atoms with E-state index in [4.69, 9.17) is 5.73 Å². The number of amidine groups is 1. The summed E-state index contributed by atoms with van der Waals surface area (Å²) in [5.74, 6) is 0.595. The third-order valence-electron chi connectivity index (χ3n) is 0.427. The smallest absolute Gasteiger partial charge is 0.0957 e. The molecule has 0 spiro atoms. The Morgan fingerprint density at radius 2 is 2.29 bits per heavy atom. The fourth-order valence-corrected chi connectivity index (χ4v) is 0.192. The molecule has 0 aromatic rings. The molecule has 0 aliphatic heterocycles. The maximum absolute atomic E-state index is 5.18. The lowest BCUT2D eigenvalue weighted by Gasteiger charge is -1.79. The molecule has 2 heteroatoms. The van der Waals surface area contributed by atoms with Crippen LogP contribution in [0, 0.1) is 0 Å². The molecule has 0 aromatic carbocycles. The second kappa shape index (κ2) is 3.40. The van der Waals surface area contributed by atoms with Crippen molar-refractivity contribution >= 4 is 5.84 Å². The van der Waals surface area contributed by atoms with Gasteiger partial charge in [-0.05, 0) is 13.8 Å². The van der Waals surface area contributed by atoms with Crippen LogP contribution in [0.5, 0.6) is 0 Å². The number of nitrogens with zero attached hydrogens (tertiary/aromatic N) is 1. The zero-order valence-electron chi connectivity index (χ0n) is 4.68. The average Bonchev–Trinajstić information content (AvgIpc) is 1.61. The summed E-state index contributed by atoms with van der Waals surface area (Å²) in [4.78, 5) is 3.76. The molecule has 0 rings (SSSR count).